The summed E-state index contributed by atoms with van der Waals surface area (Å²) in [5.74, 6) is -0.133. The number of likely N-dealkylation sites (N-methyl/N-ethyl adjacent to an activating group) is 1. The third-order valence-electron chi connectivity index (χ3n) is 3.99. The smallest absolute Gasteiger partial charge is 0.270 e. The molecule has 0 spiro atoms. The Hall–Kier alpha value is -1.18. The number of hydrogen-bond donors (Lipinski definition) is 2. The van der Waals surface area contributed by atoms with Crippen molar-refractivity contribution in [2.24, 2.45) is 5.73 Å². The Morgan fingerprint density at radius 3 is 2.46 bits per heavy atom. The summed E-state index contributed by atoms with van der Waals surface area (Å²) in [5, 5.41) is 5.69. The number of nitrogens with one attached hydrogen (secondary N) is 1. The molecule has 2 rings (SSSR count). The number of amides is 1. The highest BCUT2D eigenvalue weighted by Crippen LogP contribution is 2.19. The molecule has 0 fully saturated rings. The number of benzene rings is 1. The number of aromatic nitrogens is 1. The van der Waals surface area contributed by atoms with E-state index in [1.54, 1.807) is 5.38 Å². The van der Waals surface area contributed by atoms with Gasteiger partial charge in [0.15, 0.2) is 0 Å². The lowest BCUT2D eigenvalue weighted by Gasteiger charge is -2.25. The van der Waals surface area contributed by atoms with Crippen molar-refractivity contribution in [3.63, 3.8) is 0 Å². The third-order valence-corrected chi connectivity index (χ3v) is 4.90. The lowest BCUT2D eigenvalue weighted by Crippen LogP contribution is -2.34. The summed E-state index contributed by atoms with van der Waals surface area (Å²) in [5.41, 5.74) is 8.51. The van der Waals surface area contributed by atoms with Gasteiger partial charge in [0.25, 0.3) is 5.91 Å². The number of carbonyl (C=O) groups excluding carboxylic acids is 1. The van der Waals surface area contributed by atoms with Crippen LogP contribution >= 0.6 is 36.2 Å². The molecule has 2 aromatic rings. The molecule has 8 heteroatoms. The van der Waals surface area contributed by atoms with Crippen LogP contribution in [0.25, 0.3) is 0 Å². The summed E-state index contributed by atoms with van der Waals surface area (Å²) < 4.78 is 0. The monoisotopic (exact) mass is 418 g/mol. The maximum absolute atomic E-state index is 12.3. The van der Waals surface area contributed by atoms with Crippen LogP contribution in [0.3, 0.4) is 0 Å². The molecule has 3 N–H and O–H groups in total. The first-order valence-corrected chi connectivity index (χ1v) is 9.11. The topological polar surface area (TPSA) is 71.2 Å². The molecule has 1 atom stereocenters. The maximum atomic E-state index is 12.3. The Kier molecular flexibility index (Phi) is 11.7. The van der Waals surface area contributed by atoms with Crippen molar-refractivity contribution in [2.45, 2.75) is 25.8 Å². The molecule has 1 aromatic heterocycles. The SMILES string of the molecule is CCc1ccc(C(CNC(=O)c2csc(CCN)n2)N(C)C)cc1.Cl.Cl. The Balaban J connectivity index is 0.00000312. The first kappa shape index (κ1) is 24.8. The van der Waals surface area contributed by atoms with E-state index in [1.807, 2.05) is 14.1 Å². The fraction of sp³-hybridized carbons (Fsp3) is 0.444. The summed E-state index contributed by atoms with van der Waals surface area (Å²) in [6, 6.07) is 8.69. The molecule has 0 bridgehead atoms. The molecule has 1 aromatic carbocycles. The molecule has 0 saturated carbocycles. The molecule has 0 saturated heterocycles. The number of carbonyl (C=O) groups is 1. The highest BCUT2D eigenvalue weighted by molar-refractivity contribution is 7.09. The zero-order valence-electron chi connectivity index (χ0n) is 15.4. The van der Waals surface area contributed by atoms with Crippen molar-refractivity contribution < 1.29 is 4.79 Å². The van der Waals surface area contributed by atoms with Gasteiger partial charge in [-0.25, -0.2) is 4.98 Å². The van der Waals surface area contributed by atoms with E-state index in [0.717, 1.165) is 11.4 Å². The molecule has 5 nitrogen and oxygen atoms in total. The van der Waals surface area contributed by atoms with Crippen molar-refractivity contribution in [1.82, 2.24) is 15.2 Å². The number of rotatable bonds is 8. The Morgan fingerprint density at radius 1 is 1.27 bits per heavy atom. The van der Waals surface area contributed by atoms with E-state index in [4.69, 9.17) is 5.73 Å². The van der Waals surface area contributed by atoms with Crippen LogP contribution in [-0.4, -0.2) is 43.0 Å². The van der Waals surface area contributed by atoms with Crippen LogP contribution in [0.4, 0.5) is 0 Å². The molecule has 0 aliphatic carbocycles. The molecule has 1 amide bonds. The minimum absolute atomic E-state index is 0. The van der Waals surface area contributed by atoms with Gasteiger partial charge in [-0.05, 0) is 38.2 Å². The van der Waals surface area contributed by atoms with Gasteiger partial charge in [0.2, 0.25) is 0 Å². The van der Waals surface area contributed by atoms with Gasteiger partial charge in [0, 0.05) is 18.3 Å². The van der Waals surface area contributed by atoms with Crippen LogP contribution in [0, 0.1) is 0 Å². The number of halogens is 2. The van der Waals surface area contributed by atoms with E-state index < -0.39 is 0 Å². The average Bonchev–Trinajstić information content (AvgIpc) is 3.04. The predicted molar refractivity (Wildman–Crippen MR) is 114 cm³/mol. The molecule has 1 heterocycles. The first-order chi connectivity index (χ1) is 11.5. The minimum Gasteiger partial charge on any atom is -0.349 e. The van der Waals surface area contributed by atoms with Crippen LogP contribution < -0.4 is 11.1 Å². The normalized spacial score (nSPS) is 11.4. The zero-order chi connectivity index (χ0) is 17.5. The van der Waals surface area contributed by atoms with Crippen LogP contribution in [0.15, 0.2) is 29.6 Å². The van der Waals surface area contributed by atoms with Crippen LogP contribution in [0.5, 0.6) is 0 Å². The van der Waals surface area contributed by atoms with Gasteiger partial charge >= 0.3 is 0 Å². The summed E-state index contributed by atoms with van der Waals surface area (Å²) in [6.07, 6.45) is 1.74. The summed E-state index contributed by atoms with van der Waals surface area (Å²) in [6.45, 7) is 3.23. The molecular formula is C18H28Cl2N4OS. The number of aryl methyl sites for hydroxylation is 1. The van der Waals surface area contributed by atoms with E-state index >= 15 is 0 Å². The van der Waals surface area contributed by atoms with E-state index in [-0.39, 0.29) is 36.8 Å². The van der Waals surface area contributed by atoms with Crippen molar-refractivity contribution in [3.05, 3.63) is 51.5 Å². The van der Waals surface area contributed by atoms with E-state index in [9.17, 15) is 4.79 Å². The molecule has 0 radical (unpaired) electrons. The Morgan fingerprint density at radius 2 is 1.92 bits per heavy atom. The van der Waals surface area contributed by atoms with Crippen molar-refractivity contribution in [3.8, 4) is 0 Å². The largest absolute Gasteiger partial charge is 0.349 e. The molecule has 0 aliphatic heterocycles. The number of hydrogen-bond acceptors (Lipinski definition) is 5. The van der Waals surface area contributed by atoms with Gasteiger partial charge in [-0.1, -0.05) is 31.2 Å². The lowest BCUT2D eigenvalue weighted by atomic mass is 10.0. The van der Waals surface area contributed by atoms with Crippen LogP contribution in [0.1, 0.15) is 39.6 Å². The van der Waals surface area contributed by atoms with E-state index in [1.165, 1.54) is 22.5 Å². The highest BCUT2D eigenvalue weighted by atomic mass is 35.5. The first-order valence-electron chi connectivity index (χ1n) is 8.23. The number of thiazole rings is 1. The van der Waals surface area contributed by atoms with Gasteiger partial charge in [-0.3, -0.25) is 4.79 Å². The second kappa shape index (κ2) is 12.3. The van der Waals surface area contributed by atoms with Gasteiger partial charge in [0.1, 0.15) is 5.69 Å². The lowest BCUT2D eigenvalue weighted by molar-refractivity contribution is 0.0937. The second-order valence-electron chi connectivity index (χ2n) is 5.95. The molecule has 26 heavy (non-hydrogen) atoms. The minimum atomic E-state index is -0.133. The Bertz CT molecular complexity index is 661. The fourth-order valence-electron chi connectivity index (χ4n) is 2.51. The molecule has 0 aliphatic rings. The van der Waals surface area contributed by atoms with Gasteiger partial charge in [-0.2, -0.15) is 0 Å². The Labute approximate surface area is 172 Å². The maximum Gasteiger partial charge on any atom is 0.270 e. The average molecular weight is 419 g/mol. The number of nitrogens with two attached hydrogens (primary N) is 1. The summed E-state index contributed by atoms with van der Waals surface area (Å²) in [7, 11) is 4.04. The molecular weight excluding hydrogens is 391 g/mol. The number of nitrogens with zero attached hydrogens (tertiary/aromatic N) is 2. The van der Waals surface area contributed by atoms with E-state index in [0.29, 0.717) is 25.2 Å². The van der Waals surface area contributed by atoms with Crippen molar-refractivity contribution in [1.29, 1.82) is 0 Å². The van der Waals surface area contributed by atoms with Gasteiger partial charge in [-0.15, -0.1) is 36.2 Å². The summed E-state index contributed by atoms with van der Waals surface area (Å²) >= 11 is 1.48. The predicted octanol–water partition coefficient (Wildman–Crippen LogP) is 3.08. The molecule has 146 valence electrons. The summed E-state index contributed by atoms with van der Waals surface area (Å²) in [4.78, 5) is 18.7. The fourth-order valence-corrected chi connectivity index (χ4v) is 3.30. The quantitative estimate of drug-likeness (QED) is 0.690. The van der Waals surface area contributed by atoms with Crippen LogP contribution in [0.2, 0.25) is 0 Å². The van der Waals surface area contributed by atoms with E-state index in [2.05, 4.69) is 46.4 Å². The van der Waals surface area contributed by atoms with Crippen molar-refractivity contribution >= 4 is 42.1 Å². The van der Waals surface area contributed by atoms with Gasteiger partial charge < -0.3 is 16.0 Å². The standard InChI is InChI=1S/C18H26N4OS.2ClH/c1-4-13-5-7-14(8-6-13)16(22(2)3)11-20-18(23)15-12-24-17(21-15)9-10-19;;/h5-8,12,16H,4,9-11,19H2,1-3H3,(H,20,23);2*1H. The third kappa shape index (κ3) is 6.85. The molecule has 1 unspecified atom stereocenters. The van der Waals surface area contributed by atoms with Crippen LogP contribution in [-0.2, 0) is 12.8 Å². The van der Waals surface area contributed by atoms with Gasteiger partial charge in [0.05, 0.1) is 11.0 Å². The zero-order valence-corrected chi connectivity index (χ0v) is 17.8. The highest BCUT2D eigenvalue weighted by Gasteiger charge is 2.17. The second-order valence-corrected chi connectivity index (χ2v) is 6.89. The van der Waals surface area contributed by atoms with Crippen molar-refractivity contribution in [2.75, 3.05) is 27.2 Å².